The molecule has 1 amide bonds. The number of nitrogens with two attached hydrogens (primary N) is 1. The van der Waals surface area contributed by atoms with Crippen LogP contribution in [-0.4, -0.2) is 49.9 Å². The highest BCUT2D eigenvalue weighted by molar-refractivity contribution is 5.76. The van der Waals surface area contributed by atoms with Crippen molar-refractivity contribution in [3.8, 4) is 0 Å². The third kappa shape index (κ3) is 3.77. The Hall–Kier alpha value is -1.51. The molecule has 0 bridgehead atoms. The molecule has 8 heteroatoms. The molecule has 5 N–H and O–H groups in total. The summed E-state index contributed by atoms with van der Waals surface area (Å²) in [7, 11) is 0. The van der Waals surface area contributed by atoms with E-state index < -0.39 is 5.54 Å². The average molecular weight is 243 g/mol. The van der Waals surface area contributed by atoms with Gasteiger partial charge in [0.05, 0.1) is 30.6 Å². The van der Waals surface area contributed by atoms with Crippen LogP contribution < -0.4 is 11.1 Å². The molecule has 0 spiro atoms. The summed E-state index contributed by atoms with van der Waals surface area (Å²) in [6.45, 7) is 1.06. The van der Waals surface area contributed by atoms with Gasteiger partial charge >= 0.3 is 0 Å². The van der Waals surface area contributed by atoms with Gasteiger partial charge in [0, 0.05) is 6.54 Å². The lowest BCUT2D eigenvalue weighted by atomic mass is 10.1. The maximum Gasteiger partial charge on any atom is 0.242 e. The first-order valence-corrected chi connectivity index (χ1v) is 5.15. The number of aromatic nitrogens is 3. The van der Waals surface area contributed by atoms with Gasteiger partial charge in [-0.1, -0.05) is 5.21 Å². The topological polar surface area (TPSA) is 126 Å². The summed E-state index contributed by atoms with van der Waals surface area (Å²) in [5.41, 5.74) is 4.91. The highest BCUT2D eigenvalue weighted by atomic mass is 16.3. The Morgan fingerprint density at radius 2 is 2.24 bits per heavy atom. The highest BCUT2D eigenvalue weighted by Gasteiger charge is 2.24. The number of amides is 1. The van der Waals surface area contributed by atoms with Crippen molar-refractivity contribution in [3.05, 3.63) is 11.9 Å². The molecule has 0 aliphatic heterocycles. The summed E-state index contributed by atoms with van der Waals surface area (Å²) in [4.78, 5) is 11.6. The van der Waals surface area contributed by atoms with Crippen LogP contribution in [-0.2, 0) is 17.9 Å². The zero-order valence-electron chi connectivity index (χ0n) is 9.63. The van der Waals surface area contributed by atoms with E-state index in [0.717, 1.165) is 0 Å². The molecule has 0 unspecified atom stereocenters. The fraction of sp³-hybridized carbons (Fsp3) is 0.667. The number of nitrogens with one attached hydrogen (secondary N) is 1. The van der Waals surface area contributed by atoms with E-state index in [4.69, 9.17) is 15.9 Å². The molecular weight excluding hydrogens is 226 g/mol. The van der Waals surface area contributed by atoms with Crippen LogP contribution in [0.1, 0.15) is 12.6 Å². The van der Waals surface area contributed by atoms with Gasteiger partial charge < -0.3 is 21.3 Å². The molecule has 0 saturated carbocycles. The van der Waals surface area contributed by atoms with Crippen LogP contribution in [0.5, 0.6) is 0 Å². The number of aliphatic hydroxyl groups excluding tert-OH is 2. The van der Waals surface area contributed by atoms with Crippen LogP contribution in [0.4, 0.5) is 0 Å². The Labute approximate surface area is 98.4 Å². The van der Waals surface area contributed by atoms with E-state index in [1.807, 2.05) is 0 Å². The summed E-state index contributed by atoms with van der Waals surface area (Å²) in [6.07, 6.45) is 1.56. The molecule has 1 aromatic heterocycles. The van der Waals surface area contributed by atoms with E-state index >= 15 is 0 Å². The van der Waals surface area contributed by atoms with Gasteiger partial charge in [-0.25, -0.2) is 4.68 Å². The minimum absolute atomic E-state index is 0.0391. The number of hydrogen-bond donors (Lipinski definition) is 4. The number of aliphatic hydroxyl groups is 2. The van der Waals surface area contributed by atoms with Gasteiger partial charge in [0.2, 0.25) is 5.91 Å². The van der Waals surface area contributed by atoms with Gasteiger partial charge in [-0.3, -0.25) is 4.79 Å². The third-order valence-corrected chi connectivity index (χ3v) is 2.24. The predicted molar refractivity (Wildman–Crippen MR) is 58.6 cm³/mol. The van der Waals surface area contributed by atoms with Crippen molar-refractivity contribution in [1.29, 1.82) is 0 Å². The van der Waals surface area contributed by atoms with Crippen LogP contribution in [0.2, 0.25) is 0 Å². The van der Waals surface area contributed by atoms with Gasteiger partial charge in [0.1, 0.15) is 6.54 Å². The van der Waals surface area contributed by atoms with Crippen molar-refractivity contribution in [2.75, 3.05) is 13.2 Å². The molecule has 0 aromatic carbocycles. The molecule has 8 nitrogen and oxygen atoms in total. The van der Waals surface area contributed by atoms with E-state index in [9.17, 15) is 4.79 Å². The molecule has 0 fully saturated rings. The van der Waals surface area contributed by atoms with E-state index in [-0.39, 0.29) is 32.2 Å². The lowest BCUT2D eigenvalue weighted by Gasteiger charge is -2.25. The second kappa shape index (κ2) is 5.71. The zero-order valence-corrected chi connectivity index (χ0v) is 9.63. The summed E-state index contributed by atoms with van der Waals surface area (Å²) in [6, 6.07) is 0. The van der Waals surface area contributed by atoms with E-state index in [1.165, 1.54) is 11.6 Å². The Morgan fingerprint density at radius 3 is 2.71 bits per heavy atom. The first-order chi connectivity index (χ1) is 8.03. The van der Waals surface area contributed by atoms with Crippen molar-refractivity contribution in [2.45, 2.75) is 25.6 Å². The number of hydrogen-bond acceptors (Lipinski definition) is 6. The Kier molecular flexibility index (Phi) is 4.55. The predicted octanol–water partition coefficient (Wildman–Crippen LogP) is -2.40. The summed E-state index contributed by atoms with van der Waals surface area (Å²) < 4.78 is 1.34. The largest absolute Gasteiger partial charge is 0.394 e. The fourth-order valence-electron chi connectivity index (χ4n) is 1.16. The monoisotopic (exact) mass is 243 g/mol. The van der Waals surface area contributed by atoms with Crippen LogP contribution >= 0.6 is 0 Å². The van der Waals surface area contributed by atoms with Crippen molar-refractivity contribution in [3.63, 3.8) is 0 Å². The Bertz CT molecular complexity index is 374. The number of rotatable bonds is 6. The first kappa shape index (κ1) is 13.6. The van der Waals surface area contributed by atoms with Gasteiger partial charge in [-0.2, -0.15) is 0 Å². The number of carbonyl (C=O) groups is 1. The standard InChI is InChI=1S/C9H17N5O3/c1-9(5-15,6-16)11-8(17)4-14-3-7(2-10)12-13-14/h3,15-16H,2,4-6,10H2,1H3,(H,11,17). The molecule has 1 rings (SSSR count). The maximum atomic E-state index is 11.6. The molecular formula is C9H17N5O3. The SMILES string of the molecule is CC(CO)(CO)NC(=O)Cn1cc(CN)nn1. The normalized spacial score (nSPS) is 11.5. The second-order valence-corrected chi connectivity index (χ2v) is 4.04. The van der Waals surface area contributed by atoms with E-state index in [0.29, 0.717) is 5.69 Å². The highest BCUT2D eigenvalue weighted by Crippen LogP contribution is 2.01. The molecule has 0 saturated heterocycles. The van der Waals surface area contributed by atoms with Crippen LogP contribution in [0.3, 0.4) is 0 Å². The number of nitrogens with zero attached hydrogens (tertiary/aromatic N) is 3. The van der Waals surface area contributed by atoms with Crippen LogP contribution in [0.25, 0.3) is 0 Å². The Balaban J connectivity index is 2.55. The Morgan fingerprint density at radius 1 is 1.59 bits per heavy atom. The minimum atomic E-state index is -1.03. The molecule has 0 atom stereocenters. The van der Waals surface area contributed by atoms with Crippen molar-refractivity contribution < 1.29 is 15.0 Å². The molecule has 1 heterocycles. The smallest absolute Gasteiger partial charge is 0.242 e. The average Bonchev–Trinajstić information content (AvgIpc) is 2.76. The summed E-state index contributed by atoms with van der Waals surface area (Å²) in [5.74, 6) is -0.371. The quantitative estimate of drug-likeness (QED) is 0.441. The fourth-order valence-corrected chi connectivity index (χ4v) is 1.16. The molecule has 96 valence electrons. The molecule has 0 radical (unpaired) electrons. The van der Waals surface area contributed by atoms with Gasteiger partial charge in [0.25, 0.3) is 0 Å². The van der Waals surface area contributed by atoms with Gasteiger partial charge in [-0.15, -0.1) is 5.10 Å². The lowest BCUT2D eigenvalue weighted by molar-refractivity contribution is -0.124. The lowest BCUT2D eigenvalue weighted by Crippen LogP contribution is -2.52. The second-order valence-electron chi connectivity index (χ2n) is 4.04. The first-order valence-electron chi connectivity index (χ1n) is 5.15. The summed E-state index contributed by atoms with van der Waals surface area (Å²) >= 11 is 0. The third-order valence-electron chi connectivity index (χ3n) is 2.24. The maximum absolute atomic E-state index is 11.6. The molecule has 17 heavy (non-hydrogen) atoms. The van der Waals surface area contributed by atoms with E-state index in [2.05, 4.69) is 15.6 Å². The van der Waals surface area contributed by atoms with E-state index in [1.54, 1.807) is 6.20 Å². The van der Waals surface area contributed by atoms with Crippen molar-refractivity contribution in [2.24, 2.45) is 5.73 Å². The van der Waals surface area contributed by atoms with Crippen LogP contribution in [0, 0.1) is 0 Å². The van der Waals surface area contributed by atoms with Gasteiger partial charge in [-0.05, 0) is 6.92 Å². The van der Waals surface area contributed by atoms with Crippen LogP contribution in [0.15, 0.2) is 6.20 Å². The van der Waals surface area contributed by atoms with Crippen molar-refractivity contribution >= 4 is 5.91 Å². The molecule has 0 aliphatic rings. The minimum Gasteiger partial charge on any atom is -0.394 e. The number of carbonyl (C=O) groups excluding carboxylic acids is 1. The molecule has 1 aromatic rings. The van der Waals surface area contributed by atoms with Gasteiger partial charge in [0.15, 0.2) is 0 Å². The molecule has 0 aliphatic carbocycles. The zero-order chi connectivity index (χ0) is 12.9. The summed E-state index contributed by atoms with van der Waals surface area (Å²) in [5, 5.41) is 28.0. The van der Waals surface area contributed by atoms with Crippen molar-refractivity contribution in [1.82, 2.24) is 20.3 Å².